The molecule has 4 heterocycles. The van der Waals surface area contributed by atoms with Crippen LogP contribution in [0, 0.1) is 0 Å². The second-order valence-corrected chi connectivity index (χ2v) is 10.8. The van der Waals surface area contributed by atoms with Gasteiger partial charge in [0.05, 0.1) is 11.5 Å². The third kappa shape index (κ3) is 5.39. The number of nitrogens with one attached hydrogen (secondary N) is 1. The molecule has 2 saturated heterocycles. The lowest BCUT2D eigenvalue weighted by Gasteiger charge is -2.38. The van der Waals surface area contributed by atoms with Crippen molar-refractivity contribution in [2.24, 2.45) is 0 Å². The Kier molecular flexibility index (Phi) is 6.94. The molecule has 5 aromatic rings. The van der Waals surface area contributed by atoms with E-state index in [1.54, 1.807) is 29.2 Å². The quantitative estimate of drug-likeness (QED) is 0.292. The monoisotopic (exact) mass is 588 g/mol. The molecule has 2 aliphatic heterocycles. The van der Waals surface area contributed by atoms with Crippen LogP contribution in [0.5, 0.6) is 0 Å². The van der Waals surface area contributed by atoms with Crippen molar-refractivity contribution in [3.8, 4) is 11.5 Å². The maximum absolute atomic E-state index is 13.5. The van der Waals surface area contributed by atoms with Crippen LogP contribution < -0.4 is 5.32 Å². The highest BCUT2D eigenvalue weighted by Crippen LogP contribution is 2.34. The van der Waals surface area contributed by atoms with Gasteiger partial charge >= 0.3 is 6.18 Å². The normalized spacial score (nSPS) is 17.2. The highest BCUT2D eigenvalue weighted by Gasteiger charge is 2.34. The van der Waals surface area contributed by atoms with Crippen LogP contribution in [-0.2, 0) is 6.18 Å². The molecule has 43 heavy (non-hydrogen) atoms. The first-order chi connectivity index (χ1) is 20.8. The Labute approximate surface area is 244 Å². The lowest BCUT2D eigenvalue weighted by Crippen LogP contribution is -2.50. The van der Waals surface area contributed by atoms with E-state index in [1.165, 1.54) is 6.07 Å². The second kappa shape index (κ2) is 10.9. The number of rotatable bonds is 6. The van der Waals surface area contributed by atoms with Gasteiger partial charge in [0.15, 0.2) is 5.58 Å². The number of alkyl halides is 3. The number of benzene rings is 3. The zero-order valence-corrected chi connectivity index (χ0v) is 22.9. The minimum atomic E-state index is -4.48. The highest BCUT2D eigenvalue weighted by molar-refractivity contribution is 5.95. The van der Waals surface area contributed by atoms with Gasteiger partial charge in [-0.1, -0.05) is 36.4 Å². The Hall–Kier alpha value is -4.55. The molecule has 1 N–H and O–H groups in total. The minimum absolute atomic E-state index is 0.100. The first-order valence-corrected chi connectivity index (χ1v) is 14.0. The molecule has 1 atom stereocenters. The molecule has 0 radical (unpaired) electrons. The molecule has 0 aliphatic carbocycles. The Morgan fingerprint density at radius 3 is 2.42 bits per heavy atom. The molecule has 3 aromatic carbocycles. The minimum Gasteiger partial charge on any atom is -0.436 e. The molecule has 0 saturated carbocycles. The van der Waals surface area contributed by atoms with Crippen molar-refractivity contribution >= 4 is 17.0 Å². The standard InChI is InChI=1S/C31H27F3N6O3/c32-31(33,34)23-9-10-25-24(16-23)36-27(42-25)20-7-4-8-21(15-20)30(41)40-13-11-39(12-14-40)26(19-5-2-1-3-6-19)29-38-37-28(43-29)22-17-35-18-22/h1-10,15-16,22,26,35H,11-14,17-18H2. The van der Waals surface area contributed by atoms with E-state index in [9.17, 15) is 18.0 Å². The molecule has 1 unspecified atom stereocenters. The number of carbonyl (C=O) groups excluding carboxylic acids is 1. The second-order valence-electron chi connectivity index (χ2n) is 10.8. The summed E-state index contributed by atoms with van der Waals surface area (Å²) in [7, 11) is 0. The van der Waals surface area contributed by atoms with Gasteiger partial charge in [-0.25, -0.2) is 4.98 Å². The van der Waals surface area contributed by atoms with Crippen LogP contribution in [0.15, 0.2) is 81.6 Å². The first kappa shape index (κ1) is 27.3. The fourth-order valence-electron chi connectivity index (χ4n) is 5.51. The largest absolute Gasteiger partial charge is 0.436 e. The number of amides is 1. The van der Waals surface area contributed by atoms with Gasteiger partial charge in [-0.2, -0.15) is 13.2 Å². The molecule has 0 bridgehead atoms. The van der Waals surface area contributed by atoms with Crippen LogP contribution in [0.4, 0.5) is 13.2 Å². The molecule has 2 fully saturated rings. The smallest absolute Gasteiger partial charge is 0.416 e. The summed E-state index contributed by atoms with van der Waals surface area (Å²) in [4.78, 5) is 21.8. The fraction of sp³-hybridized carbons (Fsp3) is 0.290. The lowest BCUT2D eigenvalue weighted by atomic mass is 10.0. The predicted octanol–water partition coefficient (Wildman–Crippen LogP) is 5.13. The third-order valence-electron chi connectivity index (χ3n) is 7.97. The average Bonchev–Trinajstić information content (AvgIpc) is 3.64. The summed E-state index contributed by atoms with van der Waals surface area (Å²) in [5.41, 5.74) is 1.53. The molecule has 2 aromatic heterocycles. The molecule has 12 heteroatoms. The number of halogens is 3. The van der Waals surface area contributed by atoms with Crippen molar-refractivity contribution in [3.05, 3.63) is 101 Å². The van der Waals surface area contributed by atoms with Crippen LogP contribution in [0.2, 0.25) is 0 Å². The van der Waals surface area contributed by atoms with Gasteiger partial charge in [-0.15, -0.1) is 10.2 Å². The van der Waals surface area contributed by atoms with Crippen molar-refractivity contribution in [2.75, 3.05) is 39.3 Å². The molecule has 220 valence electrons. The van der Waals surface area contributed by atoms with Crippen molar-refractivity contribution in [1.29, 1.82) is 0 Å². The summed E-state index contributed by atoms with van der Waals surface area (Å²) in [6.45, 7) is 3.82. The predicted molar refractivity (Wildman–Crippen MR) is 150 cm³/mol. The molecule has 7 rings (SSSR count). The number of carbonyl (C=O) groups is 1. The van der Waals surface area contributed by atoms with Crippen LogP contribution in [-0.4, -0.2) is 70.2 Å². The average molecular weight is 589 g/mol. The van der Waals surface area contributed by atoms with Crippen LogP contribution in [0.3, 0.4) is 0 Å². The molecule has 9 nitrogen and oxygen atoms in total. The fourth-order valence-corrected chi connectivity index (χ4v) is 5.51. The molecular formula is C31H27F3N6O3. The number of aromatic nitrogens is 3. The van der Waals surface area contributed by atoms with Gasteiger partial charge in [0.1, 0.15) is 11.6 Å². The van der Waals surface area contributed by atoms with Gasteiger partial charge in [0, 0.05) is 50.4 Å². The summed E-state index contributed by atoms with van der Waals surface area (Å²) < 4.78 is 51.3. The van der Waals surface area contributed by atoms with Crippen molar-refractivity contribution < 1.29 is 26.8 Å². The molecule has 2 aliphatic rings. The topological polar surface area (TPSA) is 101 Å². The Balaban J connectivity index is 1.07. The van der Waals surface area contributed by atoms with Crippen molar-refractivity contribution in [2.45, 2.75) is 18.1 Å². The van der Waals surface area contributed by atoms with E-state index in [4.69, 9.17) is 8.83 Å². The zero-order chi connectivity index (χ0) is 29.6. The van der Waals surface area contributed by atoms with Crippen molar-refractivity contribution in [3.63, 3.8) is 0 Å². The molecular weight excluding hydrogens is 561 g/mol. The number of oxazole rings is 1. The van der Waals surface area contributed by atoms with E-state index in [-0.39, 0.29) is 34.9 Å². The van der Waals surface area contributed by atoms with Crippen LogP contribution in [0.25, 0.3) is 22.6 Å². The zero-order valence-electron chi connectivity index (χ0n) is 22.9. The number of nitrogens with zero attached hydrogens (tertiary/aromatic N) is 5. The van der Waals surface area contributed by atoms with Gasteiger partial charge < -0.3 is 19.1 Å². The van der Waals surface area contributed by atoms with E-state index >= 15 is 0 Å². The highest BCUT2D eigenvalue weighted by atomic mass is 19.4. The summed E-state index contributed by atoms with van der Waals surface area (Å²) in [5.74, 6) is 1.42. The maximum Gasteiger partial charge on any atom is 0.416 e. The molecule has 1 amide bonds. The van der Waals surface area contributed by atoms with E-state index in [0.29, 0.717) is 49.1 Å². The summed E-state index contributed by atoms with van der Waals surface area (Å²) >= 11 is 0. The third-order valence-corrected chi connectivity index (χ3v) is 7.97. The van der Waals surface area contributed by atoms with Crippen molar-refractivity contribution in [1.82, 2.24) is 30.3 Å². The Morgan fingerprint density at radius 1 is 0.907 bits per heavy atom. The van der Waals surface area contributed by atoms with E-state index < -0.39 is 11.7 Å². The summed E-state index contributed by atoms with van der Waals surface area (Å²) in [6, 6.07) is 19.8. The first-order valence-electron chi connectivity index (χ1n) is 14.0. The van der Waals surface area contributed by atoms with Gasteiger partial charge in [-0.3, -0.25) is 9.69 Å². The Bertz CT molecular complexity index is 1760. The number of hydrogen-bond donors (Lipinski definition) is 1. The number of hydrogen-bond acceptors (Lipinski definition) is 8. The molecule has 0 spiro atoms. The van der Waals surface area contributed by atoms with Gasteiger partial charge in [-0.05, 0) is 42.0 Å². The number of fused-ring (bicyclic) bond motifs is 1. The van der Waals surface area contributed by atoms with Gasteiger partial charge in [0.25, 0.3) is 5.91 Å². The lowest BCUT2D eigenvalue weighted by molar-refractivity contribution is -0.137. The summed E-state index contributed by atoms with van der Waals surface area (Å²) in [5, 5.41) is 11.9. The number of piperazine rings is 1. The summed E-state index contributed by atoms with van der Waals surface area (Å²) in [6.07, 6.45) is -4.48. The maximum atomic E-state index is 13.5. The van der Waals surface area contributed by atoms with Crippen LogP contribution in [0.1, 0.15) is 45.2 Å². The van der Waals surface area contributed by atoms with E-state index in [2.05, 4.69) is 25.4 Å². The van der Waals surface area contributed by atoms with E-state index in [1.807, 2.05) is 30.3 Å². The van der Waals surface area contributed by atoms with E-state index in [0.717, 1.165) is 30.8 Å². The van der Waals surface area contributed by atoms with Gasteiger partial charge in [0.2, 0.25) is 17.7 Å². The SMILES string of the molecule is O=C(c1cccc(-c2nc3cc(C(F)(F)F)ccc3o2)c1)N1CCN(C(c2ccccc2)c2nnc(C3CNC3)o2)CC1. The Morgan fingerprint density at radius 2 is 1.70 bits per heavy atom. The van der Waals surface area contributed by atoms with Crippen LogP contribution >= 0.6 is 0 Å².